The first-order valence-corrected chi connectivity index (χ1v) is 12.1. The number of hydrogen-bond acceptors (Lipinski definition) is 2. The molecule has 0 bridgehead atoms. The van der Waals surface area contributed by atoms with Crippen molar-refractivity contribution in [2.45, 2.75) is 51.4 Å². The number of rotatable bonds is 6. The van der Waals surface area contributed by atoms with Gasteiger partial charge in [-0.1, -0.05) is 67.4 Å². The lowest BCUT2D eigenvalue weighted by Gasteiger charge is -2.42. The summed E-state index contributed by atoms with van der Waals surface area (Å²) in [5.41, 5.74) is 3.12. The SMILES string of the molecule is CN(C)C(=O)C1(Cc2cccc(-c3ccccc3)c2)CCN(C(=O)CC2CCCC2)CC1. The third kappa shape index (κ3) is 5.06. The molecule has 4 rings (SSSR count). The predicted octanol–water partition coefficient (Wildman–Crippen LogP) is 5.17. The number of likely N-dealkylation sites (tertiary alicyclic amines) is 1. The van der Waals surface area contributed by atoms with Gasteiger partial charge in [0.25, 0.3) is 0 Å². The average molecular weight is 433 g/mol. The van der Waals surface area contributed by atoms with Crippen LogP contribution in [0.25, 0.3) is 11.1 Å². The van der Waals surface area contributed by atoms with E-state index in [0.717, 1.165) is 19.3 Å². The molecule has 2 aliphatic rings. The van der Waals surface area contributed by atoms with E-state index < -0.39 is 5.41 Å². The van der Waals surface area contributed by atoms with Crippen LogP contribution in [-0.2, 0) is 16.0 Å². The number of carbonyl (C=O) groups is 2. The van der Waals surface area contributed by atoms with Gasteiger partial charge in [-0.05, 0) is 54.7 Å². The average Bonchev–Trinajstić information content (AvgIpc) is 3.32. The van der Waals surface area contributed by atoms with Crippen LogP contribution in [0.3, 0.4) is 0 Å². The van der Waals surface area contributed by atoms with Gasteiger partial charge in [-0.25, -0.2) is 0 Å². The van der Waals surface area contributed by atoms with E-state index >= 15 is 0 Å². The lowest BCUT2D eigenvalue weighted by atomic mass is 9.72. The summed E-state index contributed by atoms with van der Waals surface area (Å²) >= 11 is 0. The first-order valence-electron chi connectivity index (χ1n) is 12.1. The minimum atomic E-state index is -0.442. The molecule has 1 saturated carbocycles. The Balaban J connectivity index is 1.49. The molecule has 1 saturated heterocycles. The summed E-state index contributed by atoms with van der Waals surface area (Å²) in [6.07, 6.45) is 7.79. The van der Waals surface area contributed by atoms with Crippen LogP contribution in [-0.4, -0.2) is 48.8 Å². The maximum Gasteiger partial charge on any atom is 0.228 e. The number of benzene rings is 2. The van der Waals surface area contributed by atoms with Gasteiger partial charge in [-0.2, -0.15) is 0 Å². The third-order valence-corrected chi connectivity index (χ3v) is 7.45. The molecule has 170 valence electrons. The molecule has 0 unspecified atom stereocenters. The van der Waals surface area contributed by atoms with Crippen LogP contribution < -0.4 is 0 Å². The summed E-state index contributed by atoms with van der Waals surface area (Å²) < 4.78 is 0. The van der Waals surface area contributed by atoms with Crippen LogP contribution in [0.15, 0.2) is 54.6 Å². The Kier molecular flexibility index (Phi) is 6.98. The normalized spacial score (nSPS) is 18.5. The number of carbonyl (C=O) groups excluding carboxylic acids is 2. The van der Waals surface area contributed by atoms with Crippen LogP contribution in [0.2, 0.25) is 0 Å². The van der Waals surface area contributed by atoms with E-state index in [2.05, 4.69) is 48.5 Å². The summed E-state index contributed by atoms with van der Waals surface area (Å²) in [6.45, 7) is 1.37. The van der Waals surface area contributed by atoms with Crippen molar-refractivity contribution < 1.29 is 9.59 Å². The quantitative estimate of drug-likeness (QED) is 0.632. The molecule has 2 aromatic carbocycles. The van der Waals surface area contributed by atoms with E-state index in [1.807, 2.05) is 25.1 Å². The third-order valence-electron chi connectivity index (χ3n) is 7.45. The zero-order valence-electron chi connectivity index (χ0n) is 19.6. The molecule has 2 amide bonds. The summed E-state index contributed by atoms with van der Waals surface area (Å²) in [6, 6.07) is 18.9. The fourth-order valence-electron chi connectivity index (χ4n) is 5.60. The van der Waals surface area contributed by atoms with Gasteiger partial charge in [0.1, 0.15) is 0 Å². The second-order valence-electron chi connectivity index (χ2n) is 9.96. The molecular weight excluding hydrogens is 396 g/mol. The van der Waals surface area contributed by atoms with Gasteiger partial charge in [0.15, 0.2) is 0 Å². The number of hydrogen-bond donors (Lipinski definition) is 0. The second-order valence-corrected chi connectivity index (χ2v) is 9.96. The molecule has 2 aromatic rings. The zero-order chi connectivity index (χ0) is 22.6. The van der Waals surface area contributed by atoms with Gasteiger partial charge in [0, 0.05) is 33.6 Å². The monoisotopic (exact) mass is 432 g/mol. The van der Waals surface area contributed by atoms with Crippen LogP contribution in [0.1, 0.15) is 50.5 Å². The maximum atomic E-state index is 13.4. The molecule has 0 atom stereocenters. The van der Waals surface area contributed by atoms with Crippen molar-refractivity contribution in [1.29, 1.82) is 0 Å². The largest absolute Gasteiger partial charge is 0.348 e. The highest BCUT2D eigenvalue weighted by atomic mass is 16.2. The van der Waals surface area contributed by atoms with Crippen molar-refractivity contribution in [3.63, 3.8) is 0 Å². The van der Waals surface area contributed by atoms with E-state index in [4.69, 9.17) is 0 Å². The number of nitrogens with zero attached hydrogens (tertiary/aromatic N) is 2. The number of piperidine rings is 1. The van der Waals surface area contributed by atoms with Gasteiger partial charge in [0.05, 0.1) is 5.41 Å². The summed E-state index contributed by atoms with van der Waals surface area (Å²) in [5, 5.41) is 0. The highest BCUT2D eigenvalue weighted by Gasteiger charge is 2.43. The van der Waals surface area contributed by atoms with Crippen molar-refractivity contribution in [3.8, 4) is 11.1 Å². The van der Waals surface area contributed by atoms with E-state index in [1.54, 1.807) is 4.90 Å². The van der Waals surface area contributed by atoms with E-state index in [1.165, 1.54) is 42.4 Å². The number of amides is 2. The summed E-state index contributed by atoms with van der Waals surface area (Å²) in [7, 11) is 3.70. The lowest BCUT2D eigenvalue weighted by Crippen LogP contribution is -2.51. The predicted molar refractivity (Wildman–Crippen MR) is 129 cm³/mol. The molecule has 0 radical (unpaired) electrons. The molecule has 0 spiro atoms. The minimum absolute atomic E-state index is 0.186. The van der Waals surface area contributed by atoms with Crippen LogP contribution in [0.5, 0.6) is 0 Å². The highest BCUT2D eigenvalue weighted by molar-refractivity contribution is 5.83. The molecule has 4 heteroatoms. The molecule has 4 nitrogen and oxygen atoms in total. The van der Waals surface area contributed by atoms with E-state index in [9.17, 15) is 9.59 Å². The maximum absolute atomic E-state index is 13.4. The van der Waals surface area contributed by atoms with Crippen molar-refractivity contribution in [2.75, 3.05) is 27.2 Å². The summed E-state index contributed by atoms with van der Waals surface area (Å²) in [5.74, 6) is 1.04. The molecule has 32 heavy (non-hydrogen) atoms. The van der Waals surface area contributed by atoms with Crippen molar-refractivity contribution in [2.24, 2.45) is 11.3 Å². The Hall–Kier alpha value is -2.62. The minimum Gasteiger partial charge on any atom is -0.348 e. The fraction of sp³-hybridized carbons (Fsp3) is 0.500. The van der Waals surface area contributed by atoms with Crippen LogP contribution >= 0.6 is 0 Å². The molecule has 1 aliphatic carbocycles. The Morgan fingerprint density at radius 1 is 0.938 bits per heavy atom. The van der Waals surface area contributed by atoms with Gasteiger partial charge in [0.2, 0.25) is 11.8 Å². The van der Waals surface area contributed by atoms with Crippen LogP contribution in [0, 0.1) is 11.3 Å². The van der Waals surface area contributed by atoms with Crippen molar-refractivity contribution >= 4 is 11.8 Å². The topological polar surface area (TPSA) is 40.6 Å². The van der Waals surface area contributed by atoms with E-state index in [0.29, 0.717) is 25.4 Å². The highest BCUT2D eigenvalue weighted by Crippen LogP contribution is 2.38. The second kappa shape index (κ2) is 9.89. The first-order chi connectivity index (χ1) is 15.5. The molecule has 0 aromatic heterocycles. The van der Waals surface area contributed by atoms with Gasteiger partial charge in [-0.15, -0.1) is 0 Å². The zero-order valence-corrected chi connectivity index (χ0v) is 19.6. The van der Waals surface area contributed by atoms with Gasteiger partial charge in [-0.3, -0.25) is 9.59 Å². The van der Waals surface area contributed by atoms with E-state index in [-0.39, 0.29) is 11.8 Å². The Morgan fingerprint density at radius 3 is 2.25 bits per heavy atom. The summed E-state index contributed by atoms with van der Waals surface area (Å²) in [4.78, 5) is 30.0. The lowest BCUT2D eigenvalue weighted by molar-refractivity contribution is -0.146. The van der Waals surface area contributed by atoms with Crippen molar-refractivity contribution in [3.05, 3.63) is 60.2 Å². The fourth-order valence-corrected chi connectivity index (χ4v) is 5.60. The Morgan fingerprint density at radius 2 is 1.59 bits per heavy atom. The smallest absolute Gasteiger partial charge is 0.228 e. The molecular formula is C28H36N2O2. The van der Waals surface area contributed by atoms with Crippen molar-refractivity contribution in [1.82, 2.24) is 9.80 Å². The molecule has 0 N–H and O–H groups in total. The molecule has 2 fully saturated rings. The Labute approximate surface area is 192 Å². The van der Waals surface area contributed by atoms with Crippen LogP contribution in [0.4, 0.5) is 0 Å². The first kappa shape index (κ1) is 22.6. The standard InChI is InChI=1S/C28H36N2O2/c1-29(2)27(32)28(15-17-30(18-16-28)26(31)20-22-9-6-7-10-22)21-23-11-8-14-25(19-23)24-12-4-3-5-13-24/h3-5,8,11-14,19,22H,6-7,9-10,15-18,20-21H2,1-2H3. The van der Waals surface area contributed by atoms with Gasteiger partial charge < -0.3 is 9.80 Å². The molecule has 1 heterocycles. The molecule has 1 aliphatic heterocycles. The van der Waals surface area contributed by atoms with Gasteiger partial charge >= 0.3 is 0 Å². The Bertz CT molecular complexity index is 923.